The van der Waals surface area contributed by atoms with Crippen LogP contribution in [0, 0.1) is 0 Å². The number of hydrogen-bond acceptors (Lipinski definition) is 6. The van der Waals surface area contributed by atoms with Gasteiger partial charge in [0.05, 0.1) is 25.0 Å². The van der Waals surface area contributed by atoms with Gasteiger partial charge in [-0.2, -0.15) is 13.2 Å². The quantitative estimate of drug-likeness (QED) is 0.384. The number of carbonyl (C=O) groups is 2. The van der Waals surface area contributed by atoms with E-state index in [1.54, 1.807) is 0 Å². The van der Waals surface area contributed by atoms with E-state index in [2.05, 4.69) is 14.5 Å². The third kappa shape index (κ3) is 4.83. The molecule has 0 bridgehead atoms. The zero-order valence-electron chi connectivity index (χ0n) is 12.8. The summed E-state index contributed by atoms with van der Waals surface area (Å²) < 4.78 is 46.9. The number of aliphatic hydroxyl groups is 1. The molecule has 1 aromatic carbocycles. The number of para-hydroxylation sites is 1. The summed E-state index contributed by atoms with van der Waals surface area (Å²) in [7, 11) is 1.13. The molecule has 0 amide bonds. The number of ether oxygens (including phenoxy) is 2. The van der Waals surface area contributed by atoms with Gasteiger partial charge in [0.15, 0.2) is 0 Å². The first-order valence-electron chi connectivity index (χ1n) is 6.61. The minimum absolute atomic E-state index is 0.0223. The Balaban J connectivity index is 3.33. The molecule has 24 heavy (non-hydrogen) atoms. The van der Waals surface area contributed by atoms with E-state index in [1.165, 1.54) is 31.2 Å². The van der Waals surface area contributed by atoms with E-state index >= 15 is 0 Å². The average Bonchev–Trinajstić information content (AvgIpc) is 2.54. The minimum Gasteiger partial charge on any atom is -0.504 e. The molecule has 0 atom stereocenters. The van der Waals surface area contributed by atoms with Crippen molar-refractivity contribution in [3.63, 3.8) is 0 Å². The van der Waals surface area contributed by atoms with Gasteiger partial charge >= 0.3 is 18.1 Å². The highest BCUT2D eigenvalue weighted by molar-refractivity contribution is 6.11. The highest BCUT2D eigenvalue weighted by Crippen LogP contribution is 2.27. The van der Waals surface area contributed by atoms with Crippen LogP contribution in [0.1, 0.15) is 17.3 Å². The van der Waals surface area contributed by atoms with Crippen LogP contribution in [0.2, 0.25) is 0 Å². The van der Waals surface area contributed by atoms with Crippen molar-refractivity contribution >= 4 is 23.8 Å². The van der Waals surface area contributed by atoms with E-state index in [4.69, 9.17) is 0 Å². The summed E-state index contributed by atoms with van der Waals surface area (Å²) in [5.41, 5.74) is -1.24. The number of aliphatic hydroxyl groups excluding tert-OH is 1. The van der Waals surface area contributed by atoms with Crippen LogP contribution in [-0.4, -0.2) is 43.2 Å². The van der Waals surface area contributed by atoms with Crippen molar-refractivity contribution in [1.82, 2.24) is 0 Å². The maximum atomic E-state index is 12.6. The lowest BCUT2D eigenvalue weighted by Gasteiger charge is -2.09. The Labute approximate surface area is 135 Å². The number of allylic oxidation sites excluding steroid dienone is 1. The molecule has 0 saturated heterocycles. The van der Waals surface area contributed by atoms with Gasteiger partial charge in [0.25, 0.3) is 0 Å². The molecule has 1 rings (SSSR count). The summed E-state index contributed by atoms with van der Waals surface area (Å²) in [4.78, 5) is 26.9. The number of esters is 2. The summed E-state index contributed by atoms with van der Waals surface area (Å²) in [5.74, 6) is -4.30. The number of nitrogens with zero attached hydrogens (tertiary/aromatic N) is 1. The normalized spacial score (nSPS) is 12.7. The standard InChI is InChI=1S/C15H14F3NO5/c1-3-24-14(22)10(12(20)15(16,17)18)8-19-11-7-5-4-6-9(11)13(21)23-2/h4-8,20H,3H2,1-2H3. The zero-order valence-corrected chi connectivity index (χ0v) is 12.8. The van der Waals surface area contributed by atoms with E-state index in [9.17, 15) is 27.9 Å². The number of benzene rings is 1. The van der Waals surface area contributed by atoms with Crippen molar-refractivity contribution in [1.29, 1.82) is 0 Å². The van der Waals surface area contributed by atoms with E-state index in [-0.39, 0.29) is 17.9 Å². The van der Waals surface area contributed by atoms with Gasteiger partial charge in [0.2, 0.25) is 5.76 Å². The Bertz CT molecular complexity index is 680. The lowest BCUT2D eigenvalue weighted by molar-refractivity contribution is -0.141. The van der Waals surface area contributed by atoms with Gasteiger partial charge in [0, 0.05) is 6.21 Å². The maximum absolute atomic E-state index is 12.6. The predicted molar refractivity (Wildman–Crippen MR) is 78.3 cm³/mol. The van der Waals surface area contributed by atoms with Gasteiger partial charge in [-0.15, -0.1) is 0 Å². The van der Waals surface area contributed by atoms with Crippen molar-refractivity contribution in [2.45, 2.75) is 13.1 Å². The molecule has 0 radical (unpaired) electrons. The molecule has 0 saturated carbocycles. The highest BCUT2D eigenvalue weighted by Gasteiger charge is 2.38. The van der Waals surface area contributed by atoms with Gasteiger partial charge in [-0.25, -0.2) is 9.59 Å². The Hall–Kier alpha value is -2.84. The average molecular weight is 345 g/mol. The van der Waals surface area contributed by atoms with Crippen molar-refractivity contribution in [3.8, 4) is 0 Å². The zero-order chi connectivity index (χ0) is 18.3. The summed E-state index contributed by atoms with van der Waals surface area (Å²) in [6.07, 6.45) is -4.67. The summed E-state index contributed by atoms with van der Waals surface area (Å²) in [6, 6.07) is 5.66. The van der Waals surface area contributed by atoms with Gasteiger partial charge in [-0.05, 0) is 19.1 Å². The van der Waals surface area contributed by atoms with Crippen molar-refractivity contribution in [2.24, 2.45) is 4.99 Å². The molecule has 0 fully saturated rings. The Morgan fingerprint density at radius 2 is 1.92 bits per heavy atom. The second-order valence-corrected chi connectivity index (χ2v) is 4.25. The summed E-state index contributed by atoms with van der Waals surface area (Å²) in [5, 5.41) is 9.22. The molecule has 1 aromatic rings. The van der Waals surface area contributed by atoms with Gasteiger partial charge in [-0.3, -0.25) is 4.99 Å². The minimum atomic E-state index is -5.16. The van der Waals surface area contributed by atoms with Crippen molar-refractivity contribution < 1.29 is 37.3 Å². The monoisotopic (exact) mass is 345 g/mol. The molecule has 130 valence electrons. The number of halogens is 3. The summed E-state index contributed by atoms with van der Waals surface area (Å²) >= 11 is 0. The number of aliphatic imine (C=N–C) groups is 1. The predicted octanol–water partition coefficient (Wildman–Crippen LogP) is 3.11. The van der Waals surface area contributed by atoms with Crippen LogP contribution in [0.25, 0.3) is 0 Å². The molecule has 0 spiro atoms. The lowest BCUT2D eigenvalue weighted by atomic mass is 10.2. The first-order chi connectivity index (χ1) is 11.2. The SMILES string of the molecule is CCOC(=O)C(C=Nc1ccccc1C(=O)OC)=C(O)C(F)(F)F. The second kappa shape index (κ2) is 8.14. The number of methoxy groups -OCH3 is 1. The number of alkyl halides is 3. The van der Waals surface area contributed by atoms with Gasteiger partial charge in [0.1, 0.15) is 5.57 Å². The molecule has 0 aliphatic rings. The van der Waals surface area contributed by atoms with E-state index < -0.39 is 29.4 Å². The van der Waals surface area contributed by atoms with Crippen LogP contribution in [0.4, 0.5) is 18.9 Å². The first kappa shape index (κ1) is 19.2. The maximum Gasteiger partial charge on any atom is 0.449 e. The first-order valence-corrected chi connectivity index (χ1v) is 6.61. The number of rotatable bonds is 5. The molecular formula is C15H14F3NO5. The van der Waals surface area contributed by atoms with Crippen LogP contribution in [0.15, 0.2) is 40.6 Å². The van der Waals surface area contributed by atoms with Crippen LogP contribution in [-0.2, 0) is 14.3 Å². The Kier molecular flexibility index (Phi) is 6.51. The third-order valence-corrected chi connectivity index (χ3v) is 2.66. The fourth-order valence-electron chi connectivity index (χ4n) is 1.57. The molecule has 0 aromatic heterocycles. The number of carbonyl (C=O) groups excluding carboxylic acids is 2. The molecule has 9 heteroatoms. The van der Waals surface area contributed by atoms with Crippen LogP contribution < -0.4 is 0 Å². The topological polar surface area (TPSA) is 85.2 Å². The fourth-order valence-corrected chi connectivity index (χ4v) is 1.57. The second-order valence-electron chi connectivity index (χ2n) is 4.25. The van der Waals surface area contributed by atoms with E-state index in [0.717, 1.165) is 7.11 Å². The molecule has 0 unspecified atom stereocenters. The van der Waals surface area contributed by atoms with Crippen molar-refractivity contribution in [3.05, 3.63) is 41.2 Å². The van der Waals surface area contributed by atoms with E-state index in [0.29, 0.717) is 6.21 Å². The van der Waals surface area contributed by atoms with Crippen LogP contribution >= 0.6 is 0 Å². The van der Waals surface area contributed by atoms with Crippen molar-refractivity contribution in [2.75, 3.05) is 13.7 Å². The largest absolute Gasteiger partial charge is 0.504 e. The summed E-state index contributed by atoms with van der Waals surface area (Å²) in [6.45, 7) is 1.20. The lowest BCUT2D eigenvalue weighted by Crippen LogP contribution is -2.20. The molecule has 0 heterocycles. The van der Waals surface area contributed by atoms with E-state index in [1.807, 2.05) is 0 Å². The third-order valence-electron chi connectivity index (χ3n) is 2.66. The van der Waals surface area contributed by atoms with Crippen LogP contribution in [0.5, 0.6) is 0 Å². The van der Waals surface area contributed by atoms with Gasteiger partial charge in [-0.1, -0.05) is 12.1 Å². The fraction of sp³-hybridized carbons (Fsp3) is 0.267. The van der Waals surface area contributed by atoms with Crippen LogP contribution in [0.3, 0.4) is 0 Å². The molecule has 0 aliphatic carbocycles. The smallest absolute Gasteiger partial charge is 0.449 e. The Morgan fingerprint density at radius 3 is 2.46 bits per heavy atom. The molecule has 6 nitrogen and oxygen atoms in total. The number of hydrogen-bond donors (Lipinski definition) is 1. The van der Waals surface area contributed by atoms with Gasteiger partial charge < -0.3 is 14.6 Å². The molecular weight excluding hydrogens is 331 g/mol. The highest BCUT2D eigenvalue weighted by atomic mass is 19.4. The molecule has 0 aliphatic heterocycles. The Morgan fingerprint density at radius 1 is 1.29 bits per heavy atom. The molecule has 1 N–H and O–H groups in total.